The van der Waals surface area contributed by atoms with Crippen LogP contribution >= 0.6 is 0 Å². The number of hydrogen-bond donors (Lipinski definition) is 1. The number of fused-ring (bicyclic) bond motifs is 7. The van der Waals surface area contributed by atoms with Crippen molar-refractivity contribution in [2.75, 3.05) is 6.61 Å². The average molecular weight is 453 g/mol. The van der Waals surface area contributed by atoms with E-state index >= 15 is 0 Å². The van der Waals surface area contributed by atoms with Gasteiger partial charge in [0.25, 0.3) is 0 Å². The number of rotatable bonds is 1. The smallest absolute Gasteiger partial charge is 0.336 e. The molecule has 178 valence electrons. The normalized spacial score (nSPS) is 53.0. The lowest BCUT2D eigenvalue weighted by Crippen LogP contribution is -2.61. The minimum Gasteiger partial charge on any atom is -0.458 e. The van der Waals surface area contributed by atoms with Crippen LogP contribution in [0.1, 0.15) is 59.3 Å². The van der Waals surface area contributed by atoms with E-state index in [1.807, 2.05) is 13.0 Å². The molecule has 10 atom stereocenters. The molecular weight excluding hydrogens is 416 g/mol. The molecule has 2 bridgehead atoms. The number of hydrogen-bond acceptors (Lipinski definition) is 5. The molecule has 2 aliphatic heterocycles. The van der Waals surface area contributed by atoms with E-state index in [0.717, 1.165) is 24.8 Å². The SMILES string of the molecule is C=C1C(=O)O[C@@H]2C[C@@]1(C)OC[C@H]2[C@H]1CC[C@H]2[C@@H]3CC=C4C=CCC(=O)[C@]4(C)[C@H]3C[C@H](O)[C@]12C. The Labute approximate surface area is 196 Å². The van der Waals surface area contributed by atoms with Crippen molar-refractivity contribution in [2.24, 2.45) is 40.4 Å². The second-order valence-corrected chi connectivity index (χ2v) is 12.1. The molecule has 0 unspecified atom stereocenters. The van der Waals surface area contributed by atoms with Crippen LogP contribution in [0.15, 0.2) is 36.0 Å². The zero-order chi connectivity index (χ0) is 23.3. The van der Waals surface area contributed by atoms with Crippen molar-refractivity contribution < 1.29 is 24.2 Å². The number of carbonyl (C=O) groups excluding carboxylic acids is 2. The minimum atomic E-state index is -0.639. The summed E-state index contributed by atoms with van der Waals surface area (Å²) in [4.78, 5) is 25.6. The van der Waals surface area contributed by atoms with Gasteiger partial charge < -0.3 is 14.6 Å². The van der Waals surface area contributed by atoms with E-state index in [9.17, 15) is 14.7 Å². The van der Waals surface area contributed by atoms with E-state index < -0.39 is 17.1 Å². The quantitative estimate of drug-likeness (QED) is 0.478. The maximum absolute atomic E-state index is 13.2. The third-order valence-corrected chi connectivity index (χ3v) is 11.1. The predicted octanol–water partition coefficient (Wildman–Crippen LogP) is 4.16. The number of esters is 1. The molecule has 0 spiro atoms. The summed E-state index contributed by atoms with van der Waals surface area (Å²) in [6, 6.07) is 0. The molecule has 2 saturated heterocycles. The summed E-state index contributed by atoms with van der Waals surface area (Å²) in [6.45, 7) is 10.8. The summed E-state index contributed by atoms with van der Waals surface area (Å²) < 4.78 is 12.1. The molecule has 2 heterocycles. The Balaban J connectivity index is 1.33. The largest absolute Gasteiger partial charge is 0.458 e. The molecule has 0 amide bonds. The third-order valence-electron chi connectivity index (χ3n) is 11.1. The lowest BCUT2D eigenvalue weighted by Gasteiger charge is -2.59. The average Bonchev–Trinajstić information content (AvgIpc) is 3.13. The molecule has 1 N–H and O–H groups in total. The number of ketones is 1. The fourth-order valence-corrected chi connectivity index (χ4v) is 8.97. The lowest BCUT2D eigenvalue weighted by molar-refractivity contribution is -0.208. The molecule has 0 aromatic rings. The van der Waals surface area contributed by atoms with Crippen LogP contribution in [-0.4, -0.2) is 41.3 Å². The van der Waals surface area contributed by atoms with E-state index in [4.69, 9.17) is 9.47 Å². The molecule has 33 heavy (non-hydrogen) atoms. The van der Waals surface area contributed by atoms with Crippen LogP contribution in [0.4, 0.5) is 0 Å². The van der Waals surface area contributed by atoms with Gasteiger partial charge in [0.2, 0.25) is 0 Å². The van der Waals surface area contributed by atoms with Crippen LogP contribution in [0.25, 0.3) is 0 Å². The monoisotopic (exact) mass is 452 g/mol. The standard InChI is InChI=1S/C28H36O5/c1-15-25(31)33-22-13-26(15,2)32-14-18(22)20-11-10-19-17-9-8-16-6-5-7-23(29)27(16,3)21(17)12-24(30)28(19,20)4/h5-6,8,17-22,24,30H,1,7,9-14H2,2-4H3/t17-,18-,19-,20+,21-,22+,24-,26+,27-,28-/m0/s1. The van der Waals surface area contributed by atoms with Gasteiger partial charge in [0.15, 0.2) is 0 Å². The van der Waals surface area contributed by atoms with Gasteiger partial charge in [0, 0.05) is 18.8 Å². The first-order chi connectivity index (χ1) is 15.6. The van der Waals surface area contributed by atoms with E-state index in [1.165, 1.54) is 0 Å². The van der Waals surface area contributed by atoms with Crippen LogP contribution in [0.3, 0.4) is 0 Å². The molecule has 0 aromatic carbocycles. The third kappa shape index (κ3) is 2.67. The van der Waals surface area contributed by atoms with Crippen LogP contribution in [0, 0.1) is 40.4 Å². The van der Waals surface area contributed by atoms with Crippen LogP contribution in [-0.2, 0) is 19.1 Å². The van der Waals surface area contributed by atoms with E-state index in [0.29, 0.717) is 49.1 Å². The van der Waals surface area contributed by atoms with Gasteiger partial charge in [-0.05, 0) is 74.2 Å². The van der Waals surface area contributed by atoms with Gasteiger partial charge in [0.1, 0.15) is 17.5 Å². The Morgan fingerprint density at radius 2 is 1.82 bits per heavy atom. The zero-order valence-corrected chi connectivity index (χ0v) is 20.0. The zero-order valence-electron chi connectivity index (χ0n) is 20.0. The van der Waals surface area contributed by atoms with Gasteiger partial charge in [-0.3, -0.25) is 4.79 Å². The maximum atomic E-state index is 13.2. The topological polar surface area (TPSA) is 72.8 Å². The number of allylic oxidation sites excluding steroid dienone is 4. The summed E-state index contributed by atoms with van der Waals surface area (Å²) >= 11 is 0. The number of aliphatic hydroxyl groups excluding tert-OH is 1. The summed E-state index contributed by atoms with van der Waals surface area (Å²) in [5, 5.41) is 11.7. The maximum Gasteiger partial charge on any atom is 0.336 e. The Morgan fingerprint density at radius 1 is 1.09 bits per heavy atom. The highest BCUT2D eigenvalue weighted by Gasteiger charge is 2.65. The summed E-state index contributed by atoms with van der Waals surface area (Å²) in [7, 11) is 0. The fourth-order valence-electron chi connectivity index (χ4n) is 8.97. The van der Waals surface area contributed by atoms with Gasteiger partial charge in [-0.25, -0.2) is 4.79 Å². The molecule has 6 rings (SSSR count). The molecule has 2 saturated carbocycles. The molecule has 4 aliphatic carbocycles. The molecule has 0 aromatic heterocycles. The van der Waals surface area contributed by atoms with E-state index in [1.54, 1.807) is 0 Å². The van der Waals surface area contributed by atoms with Gasteiger partial charge in [-0.1, -0.05) is 31.7 Å². The van der Waals surface area contributed by atoms with Crippen molar-refractivity contribution in [2.45, 2.75) is 77.1 Å². The lowest BCUT2D eigenvalue weighted by atomic mass is 9.46. The van der Waals surface area contributed by atoms with Crippen molar-refractivity contribution in [1.82, 2.24) is 0 Å². The molecule has 5 heteroatoms. The fraction of sp³-hybridized carbons (Fsp3) is 0.714. The Bertz CT molecular complexity index is 994. The van der Waals surface area contributed by atoms with E-state index in [-0.39, 0.29) is 35.2 Å². The highest BCUT2D eigenvalue weighted by Crippen LogP contribution is 2.67. The molecule has 0 radical (unpaired) electrons. The van der Waals surface area contributed by atoms with E-state index in [2.05, 4.69) is 32.6 Å². The highest BCUT2D eigenvalue weighted by molar-refractivity contribution is 5.92. The Morgan fingerprint density at radius 3 is 2.58 bits per heavy atom. The number of carbonyl (C=O) groups is 2. The van der Waals surface area contributed by atoms with Gasteiger partial charge in [-0.15, -0.1) is 0 Å². The van der Waals surface area contributed by atoms with Gasteiger partial charge >= 0.3 is 5.97 Å². The minimum absolute atomic E-state index is 0.0841. The molecule has 4 fully saturated rings. The van der Waals surface area contributed by atoms with Crippen molar-refractivity contribution in [3.05, 3.63) is 36.0 Å². The summed E-state index contributed by atoms with van der Waals surface area (Å²) in [5.74, 6) is 1.20. The van der Waals surface area contributed by atoms with Crippen molar-refractivity contribution in [3.63, 3.8) is 0 Å². The van der Waals surface area contributed by atoms with Crippen molar-refractivity contribution in [3.8, 4) is 0 Å². The van der Waals surface area contributed by atoms with Crippen LogP contribution in [0.2, 0.25) is 0 Å². The Hall–Kier alpha value is -1.72. The summed E-state index contributed by atoms with van der Waals surface area (Å²) in [6.07, 6.45) is 10.6. The first kappa shape index (κ1) is 21.8. The van der Waals surface area contributed by atoms with Gasteiger partial charge in [-0.2, -0.15) is 0 Å². The molecule has 5 nitrogen and oxygen atoms in total. The molecule has 6 aliphatic rings. The highest BCUT2D eigenvalue weighted by atomic mass is 16.6. The first-order valence-corrected chi connectivity index (χ1v) is 12.7. The predicted molar refractivity (Wildman–Crippen MR) is 123 cm³/mol. The summed E-state index contributed by atoms with van der Waals surface area (Å²) in [5.41, 5.74) is 0.184. The van der Waals surface area contributed by atoms with Gasteiger partial charge in [0.05, 0.1) is 23.7 Å². The van der Waals surface area contributed by atoms with Crippen molar-refractivity contribution >= 4 is 11.8 Å². The second kappa shape index (κ2) is 6.91. The number of aliphatic hydroxyl groups is 1. The molecular formula is C28H36O5. The number of ether oxygens (including phenoxy) is 2. The van der Waals surface area contributed by atoms with Crippen LogP contribution in [0.5, 0.6) is 0 Å². The number of Topliss-reactive ketones (excluding diaryl/α,β-unsaturated/α-hetero) is 1. The first-order valence-electron chi connectivity index (χ1n) is 12.7. The Kier molecular flexibility index (Phi) is 4.56. The second-order valence-electron chi connectivity index (χ2n) is 12.1. The van der Waals surface area contributed by atoms with Crippen LogP contribution < -0.4 is 0 Å². The van der Waals surface area contributed by atoms with Crippen molar-refractivity contribution in [1.29, 1.82) is 0 Å².